The molecule has 0 radical (unpaired) electrons. The van der Waals surface area contributed by atoms with Crippen molar-refractivity contribution >= 4 is 0 Å². The molecule has 0 atom stereocenters. The third kappa shape index (κ3) is 3.54. The number of hydrogen-bond acceptors (Lipinski definition) is 2. The van der Waals surface area contributed by atoms with Crippen molar-refractivity contribution in [1.29, 1.82) is 0 Å². The van der Waals surface area contributed by atoms with Gasteiger partial charge in [0.15, 0.2) is 0 Å². The van der Waals surface area contributed by atoms with Crippen molar-refractivity contribution in [3.63, 3.8) is 0 Å². The van der Waals surface area contributed by atoms with Gasteiger partial charge in [-0.05, 0) is 12.6 Å². The fourth-order valence-corrected chi connectivity index (χ4v) is 1.84. The van der Waals surface area contributed by atoms with Gasteiger partial charge in [0.1, 0.15) is 0 Å². The molecule has 0 unspecified atom stereocenters. The molecule has 0 saturated carbocycles. The highest BCUT2D eigenvalue weighted by Gasteiger charge is 2.25. The second-order valence-electron chi connectivity index (χ2n) is 4.40. The standard InChI is InChI=1S/C9H20N5/c1-13-5-8-14(2,9-6-13)7-3-4-11-12-10/h3-9H2,1-2H3/q+1. The van der Waals surface area contributed by atoms with Gasteiger partial charge in [0.05, 0.1) is 26.7 Å². The van der Waals surface area contributed by atoms with Crippen LogP contribution < -0.4 is 0 Å². The zero-order valence-electron chi connectivity index (χ0n) is 9.19. The molecular weight excluding hydrogens is 178 g/mol. The Hall–Kier alpha value is -0.770. The maximum absolute atomic E-state index is 8.15. The topological polar surface area (TPSA) is 52.0 Å². The predicted octanol–water partition coefficient (Wildman–Crippen LogP) is 1.08. The lowest BCUT2D eigenvalue weighted by Gasteiger charge is -2.41. The minimum absolute atomic E-state index is 0.639. The summed E-state index contributed by atoms with van der Waals surface area (Å²) >= 11 is 0. The van der Waals surface area contributed by atoms with Crippen LogP contribution in [0.5, 0.6) is 0 Å². The van der Waals surface area contributed by atoms with Gasteiger partial charge in [0.25, 0.3) is 0 Å². The van der Waals surface area contributed by atoms with E-state index in [0.717, 1.165) is 17.4 Å². The van der Waals surface area contributed by atoms with Crippen molar-refractivity contribution in [2.75, 3.05) is 53.4 Å². The molecule has 0 N–H and O–H groups in total. The van der Waals surface area contributed by atoms with E-state index in [0.29, 0.717) is 6.54 Å². The molecule has 0 bridgehead atoms. The molecule has 0 aromatic rings. The quantitative estimate of drug-likeness (QED) is 0.219. The Morgan fingerprint density at radius 1 is 1.43 bits per heavy atom. The van der Waals surface area contributed by atoms with Crippen molar-refractivity contribution < 1.29 is 4.48 Å². The van der Waals surface area contributed by atoms with Gasteiger partial charge in [0.2, 0.25) is 0 Å². The molecule has 1 rings (SSSR count). The lowest BCUT2D eigenvalue weighted by Crippen LogP contribution is -2.56. The first-order chi connectivity index (χ1) is 6.66. The molecule has 0 amide bonds. The van der Waals surface area contributed by atoms with Crippen LogP contribution in [0, 0.1) is 0 Å². The molecule has 1 heterocycles. The summed E-state index contributed by atoms with van der Waals surface area (Å²) < 4.78 is 1.13. The van der Waals surface area contributed by atoms with Gasteiger partial charge in [0, 0.05) is 31.0 Å². The number of rotatable bonds is 4. The lowest BCUT2D eigenvalue weighted by molar-refractivity contribution is -0.913. The molecule has 5 nitrogen and oxygen atoms in total. The number of likely N-dealkylation sites (N-methyl/N-ethyl adjacent to an activating group) is 2. The molecule has 1 aliphatic heterocycles. The molecule has 0 aromatic carbocycles. The average molecular weight is 198 g/mol. The van der Waals surface area contributed by atoms with E-state index in [1.54, 1.807) is 0 Å². The summed E-state index contributed by atoms with van der Waals surface area (Å²) in [6.45, 7) is 6.56. The van der Waals surface area contributed by atoms with E-state index in [1.165, 1.54) is 26.2 Å². The lowest BCUT2D eigenvalue weighted by atomic mass is 10.2. The van der Waals surface area contributed by atoms with Crippen LogP contribution in [0.2, 0.25) is 0 Å². The van der Waals surface area contributed by atoms with Crippen LogP contribution in [-0.4, -0.2) is 62.7 Å². The smallest absolute Gasteiger partial charge is 0.0914 e. The van der Waals surface area contributed by atoms with Crippen LogP contribution in [0.1, 0.15) is 6.42 Å². The molecule has 14 heavy (non-hydrogen) atoms. The van der Waals surface area contributed by atoms with Crippen molar-refractivity contribution in [3.8, 4) is 0 Å². The average Bonchev–Trinajstić information content (AvgIpc) is 2.18. The molecular formula is C9H20N5+. The van der Waals surface area contributed by atoms with Crippen LogP contribution in [0.3, 0.4) is 0 Å². The molecule has 0 aromatic heterocycles. The van der Waals surface area contributed by atoms with Crippen LogP contribution in [0.4, 0.5) is 0 Å². The Labute approximate surface area is 85.5 Å². The summed E-state index contributed by atoms with van der Waals surface area (Å²) in [5.74, 6) is 0. The fourth-order valence-electron chi connectivity index (χ4n) is 1.84. The van der Waals surface area contributed by atoms with Crippen molar-refractivity contribution in [3.05, 3.63) is 10.4 Å². The van der Waals surface area contributed by atoms with E-state index in [4.69, 9.17) is 5.53 Å². The number of nitrogens with zero attached hydrogens (tertiary/aromatic N) is 5. The van der Waals surface area contributed by atoms with E-state index >= 15 is 0 Å². The van der Waals surface area contributed by atoms with Gasteiger partial charge in [-0.1, -0.05) is 5.11 Å². The number of quaternary nitrogens is 1. The largest absolute Gasteiger partial charge is 0.324 e. The summed E-state index contributed by atoms with van der Waals surface area (Å²) in [5, 5.41) is 3.56. The maximum atomic E-state index is 8.15. The Balaban J connectivity index is 2.24. The second-order valence-corrected chi connectivity index (χ2v) is 4.40. The third-order valence-electron chi connectivity index (χ3n) is 3.06. The zero-order chi connectivity index (χ0) is 10.4. The molecule has 1 fully saturated rings. The van der Waals surface area contributed by atoms with Crippen LogP contribution in [0.25, 0.3) is 10.4 Å². The Kier molecular flexibility index (Phi) is 4.20. The molecule has 0 spiro atoms. The minimum Gasteiger partial charge on any atom is -0.324 e. The van der Waals surface area contributed by atoms with Gasteiger partial charge >= 0.3 is 0 Å². The second kappa shape index (κ2) is 5.20. The number of hydrogen-bond donors (Lipinski definition) is 0. The van der Waals surface area contributed by atoms with E-state index in [-0.39, 0.29) is 0 Å². The molecule has 5 heteroatoms. The Morgan fingerprint density at radius 3 is 2.64 bits per heavy atom. The SMILES string of the molecule is CN1CC[N+](C)(CCCN=[N+]=[N-])CC1. The van der Waals surface area contributed by atoms with Gasteiger partial charge < -0.3 is 4.48 Å². The Morgan fingerprint density at radius 2 is 2.07 bits per heavy atom. The summed E-state index contributed by atoms with van der Waals surface area (Å²) in [7, 11) is 4.46. The van der Waals surface area contributed by atoms with E-state index in [9.17, 15) is 0 Å². The van der Waals surface area contributed by atoms with E-state index in [1.807, 2.05) is 0 Å². The van der Waals surface area contributed by atoms with Crippen LogP contribution in [-0.2, 0) is 0 Å². The maximum Gasteiger partial charge on any atom is 0.0914 e. The first kappa shape index (κ1) is 11.3. The van der Waals surface area contributed by atoms with E-state index < -0.39 is 0 Å². The molecule has 1 saturated heterocycles. The highest BCUT2D eigenvalue weighted by atomic mass is 15.4. The van der Waals surface area contributed by atoms with Crippen LogP contribution >= 0.6 is 0 Å². The van der Waals surface area contributed by atoms with Gasteiger partial charge in [-0.2, -0.15) is 0 Å². The van der Waals surface area contributed by atoms with Gasteiger partial charge in [-0.3, -0.25) is 4.90 Å². The molecule has 0 aliphatic carbocycles. The third-order valence-corrected chi connectivity index (χ3v) is 3.06. The van der Waals surface area contributed by atoms with Crippen molar-refractivity contribution in [2.45, 2.75) is 6.42 Å². The monoisotopic (exact) mass is 198 g/mol. The van der Waals surface area contributed by atoms with Crippen molar-refractivity contribution in [2.24, 2.45) is 5.11 Å². The summed E-state index contributed by atoms with van der Waals surface area (Å²) in [6, 6.07) is 0. The normalized spacial score (nSPS) is 21.6. The molecule has 80 valence electrons. The Bertz CT molecular complexity index is 213. The fraction of sp³-hybridized carbons (Fsp3) is 1.00. The first-order valence-electron chi connectivity index (χ1n) is 5.19. The summed E-state index contributed by atoms with van der Waals surface area (Å²) in [5.41, 5.74) is 8.15. The van der Waals surface area contributed by atoms with Crippen LogP contribution in [0.15, 0.2) is 5.11 Å². The zero-order valence-corrected chi connectivity index (χ0v) is 9.19. The first-order valence-corrected chi connectivity index (χ1v) is 5.19. The summed E-state index contributed by atoms with van der Waals surface area (Å²) in [6.07, 6.45) is 1.00. The predicted molar refractivity (Wildman–Crippen MR) is 56.9 cm³/mol. The summed E-state index contributed by atoms with van der Waals surface area (Å²) in [4.78, 5) is 5.13. The van der Waals surface area contributed by atoms with Gasteiger partial charge in [-0.15, -0.1) is 0 Å². The van der Waals surface area contributed by atoms with Crippen molar-refractivity contribution in [1.82, 2.24) is 4.90 Å². The number of piperazine rings is 1. The number of azide groups is 1. The van der Waals surface area contributed by atoms with E-state index in [2.05, 4.69) is 29.0 Å². The van der Waals surface area contributed by atoms with Gasteiger partial charge in [-0.25, -0.2) is 0 Å². The molecule has 1 aliphatic rings. The highest BCUT2D eigenvalue weighted by molar-refractivity contribution is 4.58. The minimum atomic E-state index is 0.639. The highest BCUT2D eigenvalue weighted by Crippen LogP contribution is 2.09.